The molecule has 3 rings (SSSR count). The van der Waals surface area contributed by atoms with E-state index in [9.17, 15) is 4.79 Å². The van der Waals surface area contributed by atoms with Gasteiger partial charge in [0.15, 0.2) is 5.15 Å². The van der Waals surface area contributed by atoms with Crippen LogP contribution in [-0.2, 0) is 0 Å². The lowest BCUT2D eigenvalue weighted by atomic mass is 10.3. The van der Waals surface area contributed by atoms with Crippen molar-refractivity contribution in [2.24, 2.45) is 0 Å². The first kappa shape index (κ1) is 15.0. The van der Waals surface area contributed by atoms with Crippen molar-refractivity contribution < 1.29 is 4.79 Å². The topological polar surface area (TPSA) is 54.9 Å². The Hall–Kier alpha value is -1.95. The zero-order chi connectivity index (χ0) is 15.5. The highest BCUT2D eigenvalue weighted by molar-refractivity contribution is 7.17. The number of benzene rings is 1. The van der Waals surface area contributed by atoms with Gasteiger partial charge in [0.2, 0.25) is 0 Å². The van der Waals surface area contributed by atoms with Crippen molar-refractivity contribution >= 4 is 46.1 Å². The summed E-state index contributed by atoms with van der Waals surface area (Å²) in [5.41, 5.74) is 1.34. The Morgan fingerprint density at radius 1 is 1.14 bits per heavy atom. The molecule has 2 aromatic heterocycles. The molecule has 0 spiro atoms. The molecule has 0 bridgehead atoms. The Kier molecular flexibility index (Phi) is 4.38. The molecule has 22 heavy (non-hydrogen) atoms. The number of amides is 1. The van der Waals surface area contributed by atoms with Crippen LogP contribution in [-0.4, -0.2) is 15.9 Å². The van der Waals surface area contributed by atoms with Crippen LogP contribution >= 0.6 is 34.5 Å². The minimum Gasteiger partial charge on any atom is -0.320 e. The first-order valence-corrected chi connectivity index (χ1v) is 7.85. The molecule has 0 aliphatic rings. The maximum atomic E-state index is 12.3. The molecule has 1 amide bonds. The summed E-state index contributed by atoms with van der Waals surface area (Å²) in [4.78, 5) is 20.9. The van der Waals surface area contributed by atoms with Gasteiger partial charge in [-0.25, -0.2) is 4.98 Å². The van der Waals surface area contributed by atoms with Crippen LogP contribution in [0.25, 0.3) is 10.6 Å². The maximum Gasteiger partial charge on any atom is 0.269 e. The summed E-state index contributed by atoms with van der Waals surface area (Å²) in [6, 6.07) is 10.7. The largest absolute Gasteiger partial charge is 0.320 e. The fraction of sp³-hybridized carbons (Fsp3) is 0. The molecule has 7 heteroatoms. The first-order valence-electron chi connectivity index (χ1n) is 6.28. The molecule has 2 heterocycles. The van der Waals surface area contributed by atoms with Gasteiger partial charge in [-0.2, -0.15) is 0 Å². The quantitative estimate of drug-likeness (QED) is 0.741. The van der Waals surface area contributed by atoms with E-state index in [0.29, 0.717) is 20.6 Å². The third kappa shape index (κ3) is 3.11. The molecule has 0 radical (unpaired) electrons. The lowest BCUT2D eigenvalue weighted by Gasteiger charge is -2.05. The number of aromatic nitrogens is 2. The number of para-hydroxylation sites is 1. The van der Waals surface area contributed by atoms with E-state index in [1.807, 2.05) is 6.07 Å². The number of hydrogen-bond donors (Lipinski definition) is 1. The molecule has 0 saturated carbocycles. The highest BCUT2D eigenvalue weighted by Crippen LogP contribution is 2.31. The SMILES string of the molecule is O=C(Nc1ccccc1Cl)c1sc(-c2cccnc2)nc1Cl. The van der Waals surface area contributed by atoms with Crippen LogP contribution in [0.3, 0.4) is 0 Å². The number of nitrogens with zero attached hydrogens (tertiary/aromatic N) is 2. The van der Waals surface area contributed by atoms with Crippen molar-refractivity contribution in [3.05, 3.63) is 63.8 Å². The van der Waals surface area contributed by atoms with Gasteiger partial charge in [0, 0.05) is 18.0 Å². The summed E-state index contributed by atoms with van der Waals surface area (Å²) in [7, 11) is 0. The molecule has 110 valence electrons. The Bertz CT molecular complexity index is 821. The van der Waals surface area contributed by atoms with E-state index in [0.717, 1.165) is 5.56 Å². The van der Waals surface area contributed by atoms with Crippen molar-refractivity contribution in [1.29, 1.82) is 0 Å². The molecular weight excluding hydrogens is 341 g/mol. The average Bonchev–Trinajstić information content (AvgIpc) is 2.92. The van der Waals surface area contributed by atoms with Crippen LogP contribution in [0.5, 0.6) is 0 Å². The van der Waals surface area contributed by atoms with Crippen LogP contribution in [0.1, 0.15) is 9.67 Å². The van der Waals surface area contributed by atoms with Crippen molar-refractivity contribution in [2.75, 3.05) is 5.32 Å². The van der Waals surface area contributed by atoms with Crippen molar-refractivity contribution in [3.8, 4) is 10.6 Å². The van der Waals surface area contributed by atoms with Gasteiger partial charge in [-0.3, -0.25) is 9.78 Å². The highest BCUT2D eigenvalue weighted by atomic mass is 35.5. The lowest BCUT2D eigenvalue weighted by Crippen LogP contribution is -2.11. The van der Waals surface area contributed by atoms with E-state index < -0.39 is 0 Å². The summed E-state index contributed by atoms with van der Waals surface area (Å²) in [5.74, 6) is -0.342. The Morgan fingerprint density at radius 3 is 2.68 bits per heavy atom. The Balaban J connectivity index is 1.88. The summed E-state index contributed by atoms with van der Waals surface area (Å²) in [5, 5.41) is 4.00. The second kappa shape index (κ2) is 6.44. The molecule has 0 atom stereocenters. The molecule has 0 fully saturated rings. The molecular formula is C15H9Cl2N3OS. The monoisotopic (exact) mass is 349 g/mol. The number of hydrogen-bond acceptors (Lipinski definition) is 4. The number of rotatable bonds is 3. The van der Waals surface area contributed by atoms with Gasteiger partial charge in [-0.1, -0.05) is 35.3 Å². The second-order valence-corrected chi connectivity index (χ2v) is 6.08. The number of carbonyl (C=O) groups is 1. The predicted octanol–water partition coefficient (Wildman–Crippen LogP) is 4.76. The summed E-state index contributed by atoms with van der Waals surface area (Å²) in [6.07, 6.45) is 3.34. The molecule has 1 aromatic carbocycles. The number of pyridine rings is 1. The zero-order valence-corrected chi connectivity index (χ0v) is 13.4. The van der Waals surface area contributed by atoms with Gasteiger partial charge in [0.25, 0.3) is 5.91 Å². The predicted molar refractivity (Wildman–Crippen MR) is 89.8 cm³/mol. The van der Waals surface area contributed by atoms with Crippen LogP contribution in [0.2, 0.25) is 10.2 Å². The molecule has 0 aliphatic carbocycles. The second-order valence-electron chi connectivity index (χ2n) is 4.31. The number of halogens is 2. The van der Waals surface area contributed by atoms with E-state index in [1.54, 1.807) is 42.7 Å². The fourth-order valence-electron chi connectivity index (χ4n) is 1.80. The van der Waals surface area contributed by atoms with Crippen LogP contribution in [0.15, 0.2) is 48.8 Å². The standard InChI is InChI=1S/C15H9Cl2N3OS/c16-10-5-1-2-6-11(10)19-14(21)12-13(17)20-15(22-12)9-4-3-7-18-8-9/h1-8H,(H,19,21). The average molecular weight is 350 g/mol. The van der Waals surface area contributed by atoms with Gasteiger partial charge >= 0.3 is 0 Å². The molecule has 3 aromatic rings. The molecule has 1 N–H and O–H groups in total. The number of nitrogens with one attached hydrogen (secondary N) is 1. The van der Waals surface area contributed by atoms with Crippen LogP contribution < -0.4 is 5.32 Å². The minimum atomic E-state index is -0.342. The van der Waals surface area contributed by atoms with Gasteiger partial charge in [0.05, 0.1) is 10.7 Å². The third-order valence-corrected chi connectivity index (χ3v) is 4.64. The van der Waals surface area contributed by atoms with Crippen molar-refractivity contribution in [3.63, 3.8) is 0 Å². The van der Waals surface area contributed by atoms with Crippen molar-refractivity contribution in [1.82, 2.24) is 9.97 Å². The lowest BCUT2D eigenvalue weighted by molar-refractivity contribution is 0.103. The van der Waals surface area contributed by atoms with E-state index >= 15 is 0 Å². The van der Waals surface area contributed by atoms with Crippen molar-refractivity contribution in [2.45, 2.75) is 0 Å². The number of carbonyl (C=O) groups excluding carboxylic acids is 1. The third-order valence-electron chi connectivity index (χ3n) is 2.82. The number of anilines is 1. The molecule has 0 aliphatic heterocycles. The van der Waals surface area contributed by atoms with Gasteiger partial charge in [-0.05, 0) is 24.3 Å². The van der Waals surface area contributed by atoms with Gasteiger partial charge < -0.3 is 5.32 Å². The fourth-order valence-corrected chi connectivity index (χ4v) is 3.16. The molecule has 0 saturated heterocycles. The normalized spacial score (nSPS) is 10.5. The summed E-state index contributed by atoms with van der Waals surface area (Å²) in [6.45, 7) is 0. The van der Waals surface area contributed by atoms with E-state index in [1.165, 1.54) is 11.3 Å². The molecule has 0 unspecified atom stereocenters. The van der Waals surface area contributed by atoms with E-state index in [2.05, 4.69) is 15.3 Å². The smallest absolute Gasteiger partial charge is 0.269 e. The maximum absolute atomic E-state index is 12.3. The zero-order valence-electron chi connectivity index (χ0n) is 11.1. The Labute approximate surface area is 140 Å². The van der Waals surface area contributed by atoms with E-state index in [4.69, 9.17) is 23.2 Å². The first-order chi connectivity index (χ1) is 10.6. The van der Waals surface area contributed by atoms with E-state index in [-0.39, 0.29) is 11.1 Å². The minimum absolute atomic E-state index is 0.161. The van der Waals surface area contributed by atoms with Gasteiger partial charge in [0.1, 0.15) is 9.88 Å². The highest BCUT2D eigenvalue weighted by Gasteiger charge is 2.18. The van der Waals surface area contributed by atoms with Gasteiger partial charge in [-0.15, -0.1) is 11.3 Å². The molecule has 4 nitrogen and oxygen atoms in total. The van der Waals surface area contributed by atoms with Crippen LogP contribution in [0, 0.1) is 0 Å². The Morgan fingerprint density at radius 2 is 1.95 bits per heavy atom. The summed E-state index contributed by atoms with van der Waals surface area (Å²) >= 11 is 13.3. The number of thiazole rings is 1. The van der Waals surface area contributed by atoms with Crippen LogP contribution in [0.4, 0.5) is 5.69 Å². The summed E-state index contributed by atoms with van der Waals surface area (Å²) < 4.78 is 0.